The van der Waals surface area contributed by atoms with Gasteiger partial charge in [-0.15, -0.1) is 11.3 Å². The molecule has 0 N–H and O–H groups in total. The first-order chi connectivity index (χ1) is 8.51. The van der Waals surface area contributed by atoms with Crippen molar-refractivity contribution in [2.45, 2.75) is 39.2 Å². The Balaban J connectivity index is 2.21. The Morgan fingerprint density at radius 3 is 2.78 bits per heavy atom. The summed E-state index contributed by atoms with van der Waals surface area (Å²) in [5.74, 6) is 0.721. The lowest BCUT2D eigenvalue weighted by Gasteiger charge is -2.21. The highest BCUT2D eigenvalue weighted by Crippen LogP contribution is 2.38. The third kappa shape index (κ3) is 1.75. The van der Waals surface area contributed by atoms with Crippen molar-refractivity contribution >= 4 is 33.2 Å². The van der Waals surface area contributed by atoms with Gasteiger partial charge in [-0.05, 0) is 39.2 Å². The van der Waals surface area contributed by atoms with Crippen LogP contribution in [-0.4, -0.2) is 16.6 Å². The predicted molar refractivity (Wildman–Crippen MR) is 74.4 cm³/mol. The van der Waals surface area contributed by atoms with E-state index in [1.807, 2.05) is 6.92 Å². The molecule has 1 aliphatic rings. The smallest absolute Gasteiger partial charge is 0.163 e. The van der Waals surface area contributed by atoms with Gasteiger partial charge in [0.1, 0.15) is 15.6 Å². The van der Waals surface area contributed by atoms with Gasteiger partial charge in [-0.25, -0.2) is 9.97 Å². The van der Waals surface area contributed by atoms with E-state index in [0.717, 1.165) is 35.5 Å². The van der Waals surface area contributed by atoms with Crippen molar-refractivity contribution in [1.82, 2.24) is 9.97 Å². The molecule has 0 radical (unpaired) electrons. The molecular weight excluding hydrogens is 268 g/mol. The summed E-state index contributed by atoms with van der Waals surface area (Å²) in [4.78, 5) is 11.4. The largest absolute Gasteiger partial charge is 0.367 e. The summed E-state index contributed by atoms with van der Waals surface area (Å²) in [5, 5.41) is 1.54. The number of ether oxygens (including phenoxy) is 1. The van der Waals surface area contributed by atoms with Gasteiger partial charge in [-0.1, -0.05) is 11.6 Å². The van der Waals surface area contributed by atoms with Crippen LogP contribution in [0.25, 0.3) is 10.2 Å². The molecule has 1 saturated heterocycles. The average molecular weight is 283 g/mol. The van der Waals surface area contributed by atoms with E-state index in [4.69, 9.17) is 16.3 Å². The number of halogens is 1. The summed E-state index contributed by atoms with van der Waals surface area (Å²) >= 11 is 7.99. The fourth-order valence-corrected chi connectivity index (χ4v) is 3.79. The lowest BCUT2D eigenvalue weighted by atomic mass is 10.0. The van der Waals surface area contributed by atoms with Crippen LogP contribution in [-0.2, 0) is 10.3 Å². The van der Waals surface area contributed by atoms with Gasteiger partial charge in [0.15, 0.2) is 5.82 Å². The number of nitrogens with zero attached hydrogens (tertiary/aromatic N) is 2. The van der Waals surface area contributed by atoms with Crippen LogP contribution in [0.15, 0.2) is 0 Å². The van der Waals surface area contributed by atoms with Gasteiger partial charge < -0.3 is 4.74 Å². The summed E-state index contributed by atoms with van der Waals surface area (Å²) in [5.41, 5.74) is 0.813. The second kappa shape index (κ2) is 4.15. The van der Waals surface area contributed by atoms with Crippen LogP contribution in [0.1, 0.15) is 36.0 Å². The minimum absolute atomic E-state index is 0.371. The molecule has 0 aliphatic carbocycles. The minimum atomic E-state index is -0.371. The van der Waals surface area contributed by atoms with Crippen LogP contribution in [0, 0.1) is 13.8 Å². The summed E-state index contributed by atoms with van der Waals surface area (Å²) in [6.07, 6.45) is 2.01. The molecule has 18 heavy (non-hydrogen) atoms. The first-order valence-electron chi connectivity index (χ1n) is 6.09. The van der Waals surface area contributed by atoms with E-state index in [1.54, 1.807) is 11.3 Å². The second-order valence-electron chi connectivity index (χ2n) is 4.98. The lowest BCUT2D eigenvalue weighted by Crippen LogP contribution is -2.23. The Hall–Kier alpha value is -0.710. The molecule has 0 saturated carbocycles. The van der Waals surface area contributed by atoms with Crippen molar-refractivity contribution in [1.29, 1.82) is 0 Å². The molecule has 1 unspecified atom stereocenters. The summed E-state index contributed by atoms with van der Waals surface area (Å²) in [6.45, 7) is 6.98. The summed E-state index contributed by atoms with van der Waals surface area (Å²) in [6, 6.07) is 0. The Bertz CT molecular complexity index is 617. The van der Waals surface area contributed by atoms with Gasteiger partial charge in [0.2, 0.25) is 0 Å². The molecule has 1 aliphatic heterocycles. The van der Waals surface area contributed by atoms with Crippen LogP contribution in [0.5, 0.6) is 0 Å². The quantitative estimate of drug-likeness (QED) is 0.742. The Morgan fingerprint density at radius 1 is 1.33 bits per heavy atom. The van der Waals surface area contributed by atoms with E-state index in [0.29, 0.717) is 5.15 Å². The molecule has 0 aromatic carbocycles. The third-order valence-corrected chi connectivity index (χ3v) is 5.05. The van der Waals surface area contributed by atoms with E-state index >= 15 is 0 Å². The molecule has 2 aromatic rings. The number of thiophene rings is 1. The molecule has 3 nitrogen and oxygen atoms in total. The van der Waals surface area contributed by atoms with Crippen molar-refractivity contribution in [2.75, 3.05) is 6.61 Å². The number of aromatic nitrogens is 2. The molecule has 3 rings (SSSR count). The number of rotatable bonds is 1. The minimum Gasteiger partial charge on any atom is -0.367 e. The SMILES string of the molecule is Cc1sc2nc(C3(C)CCCO3)nc(Cl)c2c1C. The van der Waals surface area contributed by atoms with Crippen LogP contribution in [0.3, 0.4) is 0 Å². The normalized spacial score (nSPS) is 24.0. The highest BCUT2D eigenvalue weighted by molar-refractivity contribution is 7.18. The molecule has 96 valence electrons. The maximum atomic E-state index is 6.32. The zero-order valence-corrected chi connectivity index (χ0v) is 12.3. The van der Waals surface area contributed by atoms with Crippen LogP contribution in [0.2, 0.25) is 5.15 Å². The molecule has 1 atom stereocenters. The Kier molecular flexibility index (Phi) is 2.84. The van der Waals surface area contributed by atoms with Crippen LogP contribution >= 0.6 is 22.9 Å². The van der Waals surface area contributed by atoms with Crippen molar-refractivity contribution in [3.05, 3.63) is 21.4 Å². The molecule has 0 bridgehead atoms. The number of hydrogen-bond donors (Lipinski definition) is 0. The van der Waals surface area contributed by atoms with E-state index in [-0.39, 0.29) is 5.60 Å². The van der Waals surface area contributed by atoms with Crippen molar-refractivity contribution in [2.24, 2.45) is 0 Å². The molecule has 0 amide bonds. The molecule has 5 heteroatoms. The monoisotopic (exact) mass is 282 g/mol. The van der Waals surface area contributed by atoms with Crippen molar-refractivity contribution in [3.63, 3.8) is 0 Å². The highest BCUT2D eigenvalue weighted by Gasteiger charge is 2.35. The molecule has 0 spiro atoms. The van der Waals surface area contributed by atoms with Gasteiger partial charge in [-0.2, -0.15) is 0 Å². The summed E-state index contributed by atoms with van der Waals surface area (Å²) < 4.78 is 5.79. The van der Waals surface area contributed by atoms with Gasteiger partial charge >= 0.3 is 0 Å². The lowest BCUT2D eigenvalue weighted by molar-refractivity contribution is 0.00966. The average Bonchev–Trinajstić information content (AvgIpc) is 2.86. The maximum Gasteiger partial charge on any atom is 0.163 e. The zero-order chi connectivity index (χ0) is 12.9. The number of hydrogen-bond acceptors (Lipinski definition) is 4. The van der Waals surface area contributed by atoms with Crippen LogP contribution < -0.4 is 0 Å². The fraction of sp³-hybridized carbons (Fsp3) is 0.538. The fourth-order valence-electron chi connectivity index (χ4n) is 2.39. The first-order valence-corrected chi connectivity index (χ1v) is 7.28. The maximum absolute atomic E-state index is 6.32. The first kappa shape index (κ1) is 12.3. The van der Waals surface area contributed by atoms with Gasteiger partial charge in [0, 0.05) is 11.5 Å². The van der Waals surface area contributed by atoms with Gasteiger partial charge in [0.05, 0.1) is 5.39 Å². The van der Waals surface area contributed by atoms with Gasteiger partial charge in [-0.3, -0.25) is 0 Å². The van der Waals surface area contributed by atoms with E-state index in [2.05, 4.69) is 23.8 Å². The third-order valence-electron chi connectivity index (χ3n) is 3.68. The van der Waals surface area contributed by atoms with Crippen molar-refractivity contribution in [3.8, 4) is 0 Å². The molecule has 1 fully saturated rings. The van der Waals surface area contributed by atoms with Gasteiger partial charge in [0.25, 0.3) is 0 Å². The van der Waals surface area contributed by atoms with E-state index < -0.39 is 0 Å². The number of aryl methyl sites for hydroxylation is 2. The summed E-state index contributed by atoms with van der Waals surface area (Å²) in [7, 11) is 0. The highest BCUT2D eigenvalue weighted by atomic mass is 35.5. The van der Waals surface area contributed by atoms with E-state index in [9.17, 15) is 0 Å². The zero-order valence-electron chi connectivity index (χ0n) is 10.7. The van der Waals surface area contributed by atoms with Crippen molar-refractivity contribution < 1.29 is 4.74 Å². The molecule has 3 heterocycles. The number of fused-ring (bicyclic) bond motifs is 1. The molecule has 2 aromatic heterocycles. The standard InChI is InChI=1S/C13H15ClN2OS/c1-7-8(2)18-11-9(7)10(14)15-12(16-11)13(3)5-4-6-17-13/h4-6H2,1-3H3. The molecular formula is C13H15ClN2OS. The predicted octanol–water partition coefficient (Wildman–Crippen LogP) is 3.99. The Labute approximate surface area is 115 Å². The van der Waals surface area contributed by atoms with Crippen LogP contribution in [0.4, 0.5) is 0 Å². The second-order valence-corrected chi connectivity index (χ2v) is 6.55. The topological polar surface area (TPSA) is 35.0 Å². The van der Waals surface area contributed by atoms with E-state index in [1.165, 1.54) is 10.4 Å². The Morgan fingerprint density at radius 2 is 2.11 bits per heavy atom.